The summed E-state index contributed by atoms with van der Waals surface area (Å²) in [5.74, 6) is -0.879. The van der Waals surface area contributed by atoms with Crippen molar-refractivity contribution in [2.75, 3.05) is 13.6 Å². The molecule has 2 rings (SSSR count). The predicted molar refractivity (Wildman–Crippen MR) is 70.9 cm³/mol. The van der Waals surface area contributed by atoms with Gasteiger partial charge in [-0.2, -0.15) is 0 Å². The zero-order chi connectivity index (χ0) is 13.8. The lowest BCUT2D eigenvalue weighted by atomic mass is 10.1. The van der Waals surface area contributed by atoms with Crippen molar-refractivity contribution in [2.45, 2.75) is 25.4 Å². The van der Waals surface area contributed by atoms with Gasteiger partial charge in [0.25, 0.3) is 0 Å². The SMILES string of the molecule is CN(CC(=O)NC1CC1)Cc1ccc(C(=O)O)cc1. The Balaban J connectivity index is 1.81. The number of likely N-dealkylation sites (N-methyl/N-ethyl adjacent to an activating group) is 1. The molecule has 0 bridgehead atoms. The molecule has 0 atom stereocenters. The van der Waals surface area contributed by atoms with Crippen LogP contribution in [0.5, 0.6) is 0 Å². The van der Waals surface area contributed by atoms with Gasteiger partial charge in [0.1, 0.15) is 0 Å². The van der Waals surface area contributed by atoms with Gasteiger partial charge in [0.15, 0.2) is 0 Å². The van der Waals surface area contributed by atoms with Crippen molar-refractivity contribution in [2.24, 2.45) is 0 Å². The normalized spacial score (nSPS) is 14.4. The van der Waals surface area contributed by atoms with Gasteiger partial charge in [0.2, 0.25) is 5.91 Å². The number of aromatic carboxylic acids is 1. The number of nitrogens with zero attached hydrogens (tertiary/aromatic N) is 1. The van der Waals surface area contributed by atoms with Crippen LogP contribution in [0, 0.1) is 0 Å². The topological polar surface area (TPSA) is 69.6 Å². The van der Waals surface area contributed by atoms with E-state index in [9.17, 15) is 9.59 Å². The number of rotatable bonds is 6. The van der Waals surface area contributed by atoms with Gasteiger partial charge in [-0.1, -0.05) is 12.1 Å². The van der Waals surface area contributed by atoms with Crippen LogP contribution in [0.1, 0.15) is 28.8 Å². The molecule has 0 aliphatic heterocycles. The van der Waals surface area contributed by atoms with Gasteiger partial charge in [0.05, 0.1) is 12.1 Å². The van der Waals surface area contributed by atoms with Gasteiger partial charge in [-0.3, -0.25) is 9.69 Å². The van der Waals surface area contributed by atoms with Crippen molar-refractivity contribution in [3.05, 3.63) is 35.4 Å². The van der Waals surface area contributed by atoms with Crippen LogP contribution in [0.15, 0.2) is 24.3 Å². The van der Waals surface area contributed by atoms with Gasteiger partial charge in [-0.15, -0.1) is 0 Å². The van der Waals surface area contributed by atoms with Crippen molar-refractivity contribution >= 4 is 11.9 Å². The first-order valence-electron chi connectivity index (χ1n) is 6.35. The van der Waals surface area contributed by atoms with E-state index in [2.05, 4.69) is 5.32 Å². The molecule has 1 aliphatic rings. The van der Waals surface area contributed by atoms with E-state index in [4.69, 9.17) is 5.11 Å². The first kappa shape index (κ1) is 13.5. The fourth-order valence-corrected chi connectivity index (χ4v) is 1.87. The number of amides is 1. The van der Waals surface area contributed by atoms with Crippen molar-refractivity contribution in [3.63, 3.8) is 0 Å². The highest BCUT2D eigenvalue weighted by Gasteiger charge is 2.23. The minimum atomic E-state index is -0.927. The Labute approximate surface area is 112 Å². The minimum absolute atomic E-state index is 0.0483. The molecule has 0 aromatic heterocycles. The van der Waals surface area contributed by atoms with Crippen molar-refractivity contribution in [3.8, 4) is 0 Å². The molecule has 0 heterocycles. The molecule has 0 spiro atoms. The van der Waals surface area contributed by atoms with Gasteiger partial charge in [0, 0.05) is 12.6 Å². The summed E-state index contributed by atoms with van der Waals surface area (Å²) in [6.45, 7) is 0.981. The molecule has 1 aliphatic carbocycles. The number of benzene rings is 1. The maximum atomic E-state index is 11.6. The van der Waals surface area contributed by atoms with Crippen LogP contribution < -0.4 is 5.32 Å². The highest BCUT2D eigenvalue weighted by Crippen LogP contribution is 2.18. The maximum Gasteiger partial charge on any atom is 0.335 e. The first-order valence-corrected chi connectivity index (χ1v) is 6.35. The smallest absolute Gasteiger partial charge is 0.335 e. The van der Waals surface area contributed by atoms with Crippen LogP contribution >= 0.6 is 0 Å². The van der Waals surface area contributed by atoms with Crippen molar-refractivity contribution < 1.29 is 14.7 Å². The number of nitrogens with one attached hydrogen (secondary N) is 1. The summed E-state index contributed by atoms with van der Waals surface area (Å²) < 4.78 is 0. The second-order valence-electron chi connectivity index (χ2n) is 5.02. The highest BCUT2D eigenvalue weighted by molar-refractivity contribution is 5.87. The van der Waals surface area contributed by atoms with Crippen LogP contribution in [-0.2, 0) is 11.3 Å². The van der Waals surface area contributed by atoms with E-state index in [-0.39, 0.29) is 11.5 Å². The molecule has 2 N–H and O–H groups in total. The Bertz CT molecular complexity index is 466. The zero-order valence-electron chi connectivity index (χ0n) is 10.9. The Morgan fingerprint density at radius 1 is 1.32 bits per heavy atom. The monoisotopic (exact) mass is 262 g/mol. The molecule has 0 radical (unpaired) electrons. The van der Waals surface area contributed by atoms with E-state index in [1.807, 2.05) is 11.9 Å². The summed E-state index contributed by atoms with van der Waals surface area (Å²) in [6, 6.07) is 7.10. The number of hydrogen-bond acceptors (Lipinski definition) is 3. The number of carbonyl (C=O) groups excluding carboxylic acids is 1. The molecule has 0 saturated heterocycles. The largest absolute Gasteiger partial charge is 0.478 e. The number of hydrogen-bond donors (Lipinski definition) is 2. The lowest BCUT2D eigenvalue weighted by molar-refractivity contribution is -0.122. The summed E-state index contributed by atoms with van der Waals surface area (Å²) in [4.78, 5) is 24.2. The fraction of sp³-hybridized carbons (Fsp3) is 0.429. The first-order chi connectivity index (χ1) is 9.04. The summed E-state index contributed by atoms with van der Waals surface area (Å²) in [5, 5.41) is 11.7. The van der Waals surface area contributed by atoms with Gasteiger partial charge >= 0.3 is 5.97 Å². The molecule has 102 valence electrons. The van der Waals surface area contributed by atoms with Crippen molar-refractivity contribution in [1.82, 2.24) is 10.2 Å². The van der Waals surface area contributed by atoms with Gasteiger partial charge in [-0.05, 0) is 37.6 Å². The lowest BCUT2D eigenvalue weighted by Crippen LogP contribution is -2.35. The van der Waals surface area contributed by atoms with Crippen LogP contribution in [-0.4, -0.2) is 41.5 Å². The average Bonchev–Trinajstić information content (AvgIpc) is 3.13. The quantitative estimate of drug-likeness (QED) is 0.805. The number of carbonyl (C=O) groups is 2. The molecule has 1 aromatic rings. The van der Waals surface area contributed by atoms with Crippen LogP contribution in [0.4, 0.5) is 0 Å². The van der Waals surface area contributed by atoms with E-state index in [1.165, 1.54) is 0 Å². The van der Waals surface area contributed by atoms with Gasteiger partial charge in [-0.25, -0.2) is 4.79 Å². The second-order valence-corrected chi connectivity index (χ2v) is 5.02. The summed E-state index contributed by atoms with van der Waals surface area (Å²) in [6.07, 6.45) is 2.18. The third-order valence-corrected chi connectivity index (χ3v) is 3.01. The van der Waals surface area contributed by atoms with Gasteiger partial charge < -0.3 is 10.4 Å². The Kier molecular flexibility index (Phi) is 4.16. The molecule has 1 saturated carbocycles. The molecular weight excluding hydrogens is 244 g/mol. The molecule has 0 unspecified atom stereocenters. The van der Waals surface area contributed by atoms with Crippen LogP contribution in [0.25, 0.3) is 0 Å². The molecular formula is C14H18N2O3. The number of carboxylic acids is 1. The molecule has 1 fully saturated rings. The Morgan fingerprint density at radius 3 is 2.47 bits per heavy atom. The highest BCUT2D eigenvalue weighted by atomic mass is 16.4. The Morgan fingerprint density at radius 2 is 1.95 bits per heavy atom. The van der Waals surface area contributed by atoms with E-state index >= 15 is 0 Å². The standard InChI is InChI=1S/C14H18N2O3/c1-16(9-13(17)15-12-6-7-12)8-10-2-4-11(5-3-10)14(18)19/h2-5,12H,6-9H2,1H3,(H,15,17)(H,18,19). The summed E-state index contributed by atoms with van der Waals surface area (Å²) >= 11 is 0. The summed E-state index contributed by atoms with van der Waals surface area (Å²) in [5.41, 5.74) is 1.27. The predicted octanol–water partition coefficient (Wildman–Crippen LogP) is 1.10. The molecule has 19 heavy (non-hydrogen) atoms. The minimum Gasteiger partial charge on any atom is -0.478 e. The zero-order valence-corrected chi connectivity index (χ0v) is 10.9. The van der Waals surface area contributed by atoms with E-state index < -0.39 is 5.97 Å². The molecule has 1 amide bonds. The fourth-order valence-electron chi connectivity index (χ4n) is 1.87. The summed E-state index contributed by atoms with van der Waals surface area (Å²) in [7, 11) is 1.87. The maximum absolute atomic E-state index is 11.6. The third kappa shape index (κ3) is 4.37. The van der Waals surface area contributed by atoms with Crippen LogP contribution in [0.3, 0.4) is 0 Å². The lowest BCUT2D eigenvalue weighted by Gasteiger charge is -2.16. The molecule has 5 heteroatoms. The second kappa shape index (κ2) is 5.84. The third-order valence-electron chi connectivity index (χ3n) is 3.01. The Hall–Kier alpha value is -1.88. The molecule has 5 nitrogen and oxygen atoms in total. The van der Waals surface area contributed by atoms with Crippen LogP contribution in [0.2, 0.25) is 0 Å². The van der Waals surface area contributed by atoms with E-state index in [0.717, 1.165) is 18.4 Å². The average molecular weight is 262 g/mol. The van der Waals surface area contributed by atoms with E-state index in [1.54, 1.807) is 24.3 Å². The van der Waals surface area contributed by atoms with Crippen molar-refractivity contribution in [1.29, 1.82) is 0 Å². The van der Waals surface area contributed by atoms with E-state index in [0.29, 0.717) is 19.1 Å². The number of carboxylic acid groups (broad SMARTS) is 1. The molecule has 1 aromatic carbocycles.